The van der Waals surface area contributed by atoms with Gasteiger partial charge in [-0.1, -0.05) is 12.1 Å². The van der Waals surface area contributed by atoms with Crippen LogP contribution in [0.1, 0.15) is 34.8 Å². The number of hydrogen-bond acceptors (Lipinski definition) is 3. The summed E-state index contributed by atoms with van der Waals surface area (Å²) in [6.07, 6.45) is 5.70. The Morgan fingerprint density at radius 3 is 2.55 bits per heavy atom. The molecule has 20 heavy (non-hydrogen) atoms. The Morgan fingerprint density at radius 2 is 1.90 bits per heavy atom. The number of amides is 1. The molecule has 0 aliphatic carbocycles. The molecular weight excluding hydrogens is 250 g/mol. The average Bonchev–Trinajstić information content (AvgIpc) is 3.03. The van der Waals surface area contributed by atoms with Crippen molar-refractivity contribution in [2.75, 3.05) is 11.9 Å². The molecule has 1 saturated heterocycles. The van der Waals surface area contributed by atoms with Gasteiger partial charge in [0.25, 0.3) is 5.91 Å². The average molecular weight is 267 g/mol. The van der Waals surface area contributed by atoms with Crippen molar-refractivity contribution in [3.8, 4) is 0 Å². The van der Waals surface area contributed by atoms with Gasteiger partial charge >= 0.3 is 0 Å². The second kappa shape index (κ2) is 5.84. The van der Waals surface area contributed by atoms with Crippen molar-refractivity contribution >= 4 is 11.6 Å². The maximum Gasteiger partial charge on any atom is 0.255 e. The molecule has 102 valence electrons. The van der Waals surface area contributed by atoms with Crippen molar-refractivity contribution in [2.24, 2.45) is 0 Å². The zero-order valence-electron chi connectivity index (χ0n) is 11.2. The molecule has 1 aliphatic rings. The van der Waals surface area contributed by atoms with Crippen molar-refractivity contribution < 1.29 is 4.79 Å². The van der Waals surface area contributed by atoms with Crippen LogP contribution in [0.25, 0.3) is 0 Å². The number of pyridine rings is 1. The second-order valence-electron chi connectivity index (χ2n) is 4.96. The fourth-order valence-corrected chi connectivity index (χ4v) is 2.47. The van der Waals surface area contributed by atoms with Crippen LogP contribution in [-0.4, -0.2) is 17.4 Å². The molecule has 3 rings (SSSR count). The summed E-state index contributed by atoms with van der Waals surface area (Å²) in [6.45, 7) is 1.08. The van der Waals surface area contributed by atoms with E-state index in [1.165, 1.54) is 18.4 Å². The zero-order valence-corrected chi connectivity index (χ0v) is 11.2. The summed E-state index contributed by atoms with van der Waals surface area (Å²) in [6, 6.07) is 11.8. The van der Waals surface area contributed by atoms with Gasteiger partial charge in [-0.25, -0.2) is 0 Å². The molecule has 4 heteroatoms. The molecule has 1 aliphatic heterocycles. The Hall–Kier alpha value is -2.20. The van der Waals surface area contributed by atoms with Crippen molar-refractivity contribution in [3.63, 3.8) is 0 Å². The fraction of sp³-hybridized carbons (Fsp3) is 0.250. The molecule has 2 aromatic rings. The van der Waals surface area contributed by atoms with Crippen LogP contribution in [-0.2, 0) is 0 Å². The number of carbonyl (C=O) groups excluding carboxylic acids is 1. The maximum absolute atomic E-state index is 12.1. The number of aromatic nitrogens is 1. The van der Waals surface area contributed by atoms with E-state index in [9.17, 15) is 4.79 Å². The molecule has 0 spiro atoms. The number of nitrogens with one attached hydrogen (secondary N) is 2. The van der Waals surface area contributed by atoms with Gasteiger partial charge in [-0.2, -0.15) is 0 Å². The molecular formula is C16H17N3O. The van der Waals surface area contributed by atoms with Gasteiger partial charge in [0.1, 0.15) is 0 Å². The number of anilines is 1. The van der Waals surface area contributed by atoms with E-state index in [4.69, 9.17) is 0 Å². The highest BCUT2D eigenvalue weighted by Gasteiger charge is 2.16. The monoisotopic (exact) mass is 267 g/mol. The molecule has 1 aromatic carbocycles. The van der Waals surface area contributed by atoms with E-state index in [0.29, 0.717) is 11.6 Å². The van der Waals surface area contributed by atoms with Gasteiger partial charge in [-0.15, -0.1) is 0 Å². The SMILES string of the molecule is O=C(Nc1ccncc1)c1ccc(C2CCCN2)cc1. The summed E-state index contributed by atoms with van der Waals surface area (Å²) in [4.78, 5) is 16.0. The quantitative estimate of drug-likeness (QED) is 0.899. The van der Waals surface area contributed by atoms with Gasteiger partial charge in [0.2, 0.25) is 0 Å². The zero-order chi connectivity index (χ0) is 13.8. The van der Waals surface area contributed by atoms with Crippen LogP contribution in [0.2, 0.25) is 0 Å². The smallest absolute Gasteiger partial charge is 0.255 e. The summed E-state index contributed by atoms with van der Waals surface area (Å²) in [5.74, 6) is -0.0952. The van der Waals surface area contributed by atoms with E-state index in [1.54, 1.807) is 24.5 Å². The summed E-state index contributed by atoms with van der Waals surface area (Å²) in [5.41, 5.74) is 2.68. The second-order valence-corrected chi connectivity index (χ2v) is 4.96. The lowest BCUT2D eigenvalue weighted by Gasteiger charge is -2.11. The lowest BCUT2D eigenvalue weighted by molar-refractivity contribution is 0.102. The predicted octanol–water partition coefficient (Wildman–Crippen LogP) is 2.76. The van der Waals surface area contributed by atoms with Gasteiger partial charge in [0, 0.05) is 29.7 Å². The molecule has 1 amide bonds. The molecule has 1 unspecified atom stereocenters. The summed E-state index contributed by atoms with van der Waals surface area (Å²) < 4.78 is 0. The van der Waals surface area contributed by atoms with Crippen molar-refractivity contribution in [1.29, 1.82) is 0 Å². The lowest BCUT2D eigenvalue weighted by Crippen LogP contribution is -2.14. The molecule has 0 radical (unpaired) electrons. The van der Waals surface area contributed by atoms with Crippen molar-refractivity contribution in [2.45, 2.75) is 18.9 Å². The van der Waals surface area contributed by atoms with E-state index < -0.39 is 0 Å². The molecule has 1 fully saturated rings. The normalized spacial score (nSPS) is 17.9. The highest BCUT2D eigenvalue weighted by molar-refractivity contribution is 6.04. The summed E-state index contributed by atoms with van der Waals surface area (Å²) in [5, 5.41) is 6.31. The van der Waals surface area contributed by atoms with Crippen LogP contribution < -0.4 is 10.6 Å². The van der Waals surface area contributed by atoms with E-state index >= 15 is 0 Å². The maximum atomic E-state index is 12.1. The first kappa shape index (κ1) is 12.8. The topological polar surface area (TPSA) is 54.0 Å². The standard InChI is InChI=1S/C16H17N3O/c20-16(19-14-7-10-17-11-8-14)13-5-3-12(4-6-13)15-2-1-9-18-15/h3-8,10-11,15,18H,1-2,9H2,(H,17,19,20). The first-order valence-corrected chi connectivity index (χ1v) is 6.88. The van der Waals surface area contributed by atoms with Gasteiger partial charge in [0.15, 0.2) is 0 Å². The van der Waals surface area contributed by atoms with Crippen LogP contribution in [0.3, 0.4) is 0 Å². The Kier molecular flexibility index (Phi) is 3.74. The number of carbonyl (C=O) groups is 1. The van der Waals surface area contributed by atoms with E-state index in [1.807, 2.05) is 24.3 Å². The lowest BCUT2D eigenvalue weighted by atomic mass is 10.0. The fourth-order valence-electron chi connectivity index (χ4n) is 2.47. The molecule has 1 aromatic heterocycles. The Bertz CT molecular complexity index is 574. The first-order chi connectivity index (χ1) is 9.83. The highest BCUT2D eigenvalue weighted by atomic mass is 16.1. The minimum Gasteiger partial charge on any atom is -0.322 e. The molecule has 0 bridgehead atoms. The number of hydrogen-bond donors (Lipinski definition) is 2. The number of benzene rings is 1. The molecule has 4 nitrogen and oxygen atoms in total. The third kappa shape index (κ3) is 2.86. The highest BCUT2D eigenvalue weighted by Crippen LogP contribution is 2.23. The summed E-state index contributed by atoms with van der Waals surface area (Å²) >= 11 is 0. The predicted molar refractivity (Wildman–Crippen MR) is 78.6 cm³/mol. The van der Waals surface area contributed by atoms with Gasteiger partial charge in [-0.05, 0) is 49.2 Å². The molecule has 2 N–H and O–H groups in total. The minimum atomic E-state index is -0.0952. The third-order valence-corrected chi connectivity index (χ3v) is 3.57. The van der Waals surface area contributed by atoms with E-state index in [-0.39, 0.29) is 5.91 Å². The number of nitrogens with zero attached hydrogens (tertiary/aromatic N) is 1. The van der Waals surface area contributed by atoms with Crippen molar-refractivity contribution in [1.82, 2.24) is 10.3 Å². The van der Waals surface area contributed by atoms with Crippen molar-refractivity contribution in [3.05, 3.63) is 59.9 Å². The molecule has 1 atom stereocenters. The van der Waals surface area contributed by atoms with E-state index in [0.717, 1.165) is 12.2 Å². The van der Waals surface area contributed by atoms with Gasteiger partial charge in [-0.3, -0.25) is 9.78 Å². The van der Waals surface area contributed by atoms with Crippen LogP contribution in [0.15, 0.2) is 48.8 Å². The van der Waals surface area contributed by atoms with Crippen LogP contribution >= 0.6 is 0 Å². The van der Waals surface area contributed by atoms with Crippen LogP contribution in [0.5, 0.6) is 0 Å². The molecule has 0 saturated carbocycles. The Labute approximate surface area is 118 Å². The molecule has 2 heterocycles. The van der Waals surface area contributed by atoms with E-state index in [2.05, 4.69) is 15.6 Å². The minimum absolute atomic E-state index is 0.0952. The van der Waals surface area contributed by atoms with Gasteiger partial charge < -0.3 is 10.6 Å². The van der Waals surface area contributed by atoms with Crippen LogP contribution in [0, 0.1) is 0 Å². The largest absolute Gasteiger partial charge is 0.322 e. The van der Waals surface area contributed by atoms with Gasteiger partial charge in [0.05, 0.1) is 0 Å². The van der Waals surface area contributed by atoms with Crippen LogP contribution in [0.4, 0.5) is 5.69 Å². The summed E-state index contributed by atoms with van der Waals surface area (Å²) in [7, 11) is 0. The Balaban J connectivity index is 1.69. The first-order valence-electron chi connectivity index (χ1n) is 6.88. The number of rotatable bonds is 3. The third-order valence-electron chi connectivity index (χ3n) is 3.57. The Morgan fingerprint density at radius 1 is 1.15 bits per heavy atom.